The van der Waals surface area contributed by atoms with E-state index in [1.54, 1.807) is 18.0 Å². The Morgan fingerprint density at radius 3 is 2.50 bits per heavy atom. The molecule has 7 heteroatoms. The standard InChI is InChI=1S/C23H26N4O3/c1-29-21-9-5-18(6-10-21)22(26-13-15-30-16-14-26)17-24-23(28)19-3-7-20(8-4-19)27-12-2-11-25-27/h2-12,22H,13-17H2,1H3,(H,24,28)/t22-/m0/s1. The largest absolute Gasteiger partial charge is 0.497 e. The summed E-state index contributed by atoms with van der Waals surface area (Å²) in [7, 11) is 1.66. The highest BCUT2D eigenvalue weighted by atomic mass is 16.5. The molecule has 7 nitrogen and oxygen atoms in total. The van der Waals surface area contributed by atoms with Crippen molar-refractivity contribution >= 4 is 5.91 Å². The quantitative estimate of drug-likeness (QED) is 0.653. The summed E-state index contributed by atoms with van der Waals surface area (Å²) >= 11 is 0. The number of aromatic nitrogens is 2. The lowest BCUT2D eigenvalue weighted by Gasteiger charge is -2.35. The van der Waals surface area contributed by atoms with Gasteiger partial charge < -0.3 is 14.8 Å². The van der Waals surface area contributed by atoms with Gasteiger partial charge in [-0.05, 0) is 48.0 Å². The Morgan fingerprint density at radius 2 is 1.87 bits per heavy atom. The van der Waals surface area contributed by atoms with Crippen molar-refractivity contribution in [2.75, 3.05) is 40.0 Å². The first-order chi connectivity index (χ1) is 14.7. The molecule has 1 aliphatic rings. The molecule has 1 aliphatic heterocycles. The van der Waals surface area contributed by atoms with E-state index in [1.165, 1.54) is 0 Å². The number of methoxy groups -OCH3 is 1. The van der Waals surface area contributed by atoms with E-state index in [9.17, 15) is 4.79 Å². The Bertz CT molecular complexity index is 934. The van der Waals surface area contributed by atoms with E-state index in [-0.39, 0.29) is 11.9 Å². The van der Waals surface area contributed by atoms with Crippen LogP contribution in [0.5, 0.6) is 5.75 Å². The molecule has 0 aliphatic carbocycles. The van der Waals surface area contributed by atoms with Crippen LogP contribution in [0.4, 0.5) is 0 Å². The molecule has 2 heterocycles. The predicted octanol–water partition coefficient (Wildman–Crippen LogP) is 2.68. The average Bonchev–Trinajstić information content (AvgIpc) is 3.35. The zero-order valence-electron chi connectivity index (χ0n) is 17.0. The zero-order valence-corrected chi connectivity index (χ0v) is 17.0. The van der Waals surface area contributed by atoms with Gasteiger partial charge in [-0.2, -0.15) is 5.10 Å². The molecule has 30 heavy (non-hydrogen) atoms. The first-order valence-electron chi connectivity index (χ1n) is 10.1. The van der Waals surface area contributed by atoms with Crippen LogP contribution in [0.15, 0.2) is 67.0 Å². The smallest absolute Gasteiger partial charge is 0.251 e. The van der Waals surface area contributed by atoms with Gasteiger partial charge in [-0.15, -0.1) is 0 Å². The number of benzene rings is 2. The van der Waals surface area contributed by atoms with E-state index in [0.717, 1.165) is 30.1 Å². The average molecular weight is 406 g/mol. The van der Waals surface area contributed by atoms with Gasteiger partial charge in [0.2, 0.25) is 0 Å². The summed E-state index contributed by atoms with van der Waals surface area (Å²) in [5, 5.41) is 7.31. The zero-order chi connectivity index (χ0) is 20.8. The summed E-state index contributed by atoms with van der Waals surface area (Å²) in [5.41, 5.74) is 2.69. The van der Waals surface area contributed by atoms with Crippen LogP contribution in [0.2, 0.25) is 0 Å². The predicted molar refractivity (Wildman–Crippen MR) is 114 cm³/mol. The normalized spacial score (nSPS) is 15.5. The highest BCUT2D eigenvalue weighted by Gasteiger charge is 2.23. The highest BCUT2D eigenvalue weighted by molar-refractivity contribution is 5.94. The van der Waals surface area contributed by atoms with Crippen molar-refractivity contribution in [2.45, 2.75) is 6.04 Å². The molecular weight excluding hydrogens is 380 g/mol. The number of rotatable bonds is 7. The molecule has 1 saturated heterocycles. The van der Waals surface area contributed by atoms with Crippen molar-refractivity contribution < 1.29 is 14.3 Å². The molecule has 1 fully saturated rings. The number of nitrogens with zero attached hydrogens (tertiary/aromatic N) is 3. The fourth-order valence-electron chi connectivity index (χ4n) is 3.65. The third kappa shape index (κ3) is 4.69. The van der Waals surface area contributed by atoms with E-state index < -0.39 is 0 Å². The van der Waals surface area contributed by atoms with Crippen LogP contribution in [0, 0.1) is 0 Å². The second kappa shape index (κ2) is 9.56. The van der Waals surface area contributed by atoms with E-state index in [4.69, 9.17) is 9.47 Å². The molecule has 1 N–H and O–H groups in total. The highest BCUT2D eigenvalue weighted by Crippen LogP contribution is 2.24. The monoisotopic (exact) mass is 406 g/mol. The van der Waals surface area contributed by atoms with Gasteiger partial charge in [0.15, 0.2) is 0 Å². The van der Waals surface area contributed by atoms with E-state index in [1.807, 2.05) is 48.7 Å². The van der Waals surface area contributed by atoms with Gasteiger partial charge in [0, 0.05) is 37.6 Å². The molecule has 0 unspecified atom stereocenters. The molecule has 0 bridgehead atoms. The molecule has 0 saturated carbocycles. The lowest BCUT2D eigenvalue weighted by molar-refractivity contribution is 0.0162. The van der Waals surface area contributed by atoms with Crippen molar-refractivity contribution in [1.82, 2.24) is 20.0 Å². The first-order valence-corrected chi connectivity index (χ1v) is 10.1. The van der Waals surface area contributed by atoms with Crippen LogP contribution in [0.25, 0.3) is 5.69 Å². The Labute approximate surface area is 176 Å². The number of hydrogen-bond donors (Lipinski definition) is 1. The number of hydrogen-bond acceptors (Lipinski definition) is 5. The molecular formula is C23H26N4O3. The molecule has 1 atom stereocenters. The lowest BCUT2D eigenvalue weighted by atomic mass is 10.0. The third-order valence-corrected chi connectivity index (χ3v) is 5.34. The Morgan fingerprint density at radius 1 is 1.13 bits per heavy atom. The van der Waals surface area contributed by atoms with Gasteiger partial charge in [-0.25, -0.2) is 4.68 Å². The number of nitrogens with one attached hydrogen (secondary N) is 1. The Hall–Kier alpha value is -3.16. The van der Waals surface area contributed by atoms with Crippen LogP contribution < -0.4 is 10.1 Å². The Balaban J connectivity index is 1.45. The Kier molecular flexibility index (Phi) is 6.41. The number of morpholine rings is 1. The summed E-state index contributed by atoms with van der Waals surface area (Å²) in [6, 6.07) is 17.4. The number of carbonyl (C=O) groups is 1. The molecule has 1 amide bonds. The molecule has 3 aromatic rings. The van der Waals surface area contributed by atoms with E-state index in [0.29, 0.717) is 25.3 Å². The lowest BCUT2D eigenvalue weighted by Crippen LogP contribution is -2.43. The topological polar surface area (TPSA) is 68.6 Å². The van der Waals surface area contributed by atoms with Crippen molar-refractivity contribution in [1.29, 1.82) is 0 Å². The van der Waals surface area contributed by atoms with Crippen LogP contribution in [-0.4, -0.2) is 60.5 Å². The fraction of sp³-hybridized carbons (Fsp3) is 0.304. The van der Waals surface area contributed by atoms with Crippen LogP contribution in [0.1, 0.15) is 22.0 Å². The van der Waals surface area contributed by atoms with Gasteiger partial charge in [0.1, 0.15) is 5.75 Å². The minimum absolute atomic E-state index is 0.0760. The maximum atomic E-state index is 12.8. The maximum Gasteiger partial charge on any atom is 0.251 e. The van der Waals surface area contributed by atoms with Crippen LogP contribution >= 0.6 is 0 Å². The third-order valence-electron chi connectivity index (χ3n) is 5.34. The van der Waals surface area contributed by atoms with Crippen molar-refractivity contribution in [3.05, 3.63) is 78.1 Å². The van der Waals surface area contributed by atoms with Crippen molar-refractivity contribution in [3.63, 3.8) is 0 Å². The first kappa shape index (κ1) is 20.1. The summed E-state index contributed by atoms with van der Waals surface area (Å²) < 4.78 is 12.5. The molecule has 1 aromatic heterocycles. The van der Waals surface area contributed by atoms with Crippen LogP contribution in [0.3, 0.4) is 0 Å². The fourth-order valence-corrected chi connectivity index (χ4v) is 3.65. The summed E-state index contributed by atoms with van der Waals surface area (Å²) in [6.45, 7) is 3.60. The number of amides is 1. The molecule has 2 aromatic carbocycles. The summed E-state index contributed by atoms with van der Waals surface area (Å²) in [4.78, 5) is 15.1. The van der Waals surface area contributed by atoms with Gasteiger partial charge in [-0.1, -0.05) is 12.1 Å². The second-order valence-corrected chi connectivity index (χ2v) is 7.14. The second-order valence-electron chi connectivity index (χ2n) is 7.14. The summed E-state index contributed by atoms with van der Waals surface area (Å²) in [6.07, 6.45) is 3.60. The van der Waals surface area contributed by atoms with Crippen molar-refractivity contribution in [2.24, 2.45) is 0 Å². The minimum atomic E-state index is -0.0891. The minimum Gasteiger partial charge on any atom is -0.497 e. The van der Waals surface area contributed by atoms with Gasteiger partial charge in [-0.3, -0.25) is 9.69 Å². The van der Waals surface area contributed by atoms with E-state index >= 15 is 0 Å². The SMILES string of the molecule is COc1ccc([C@H](CNC(=O)c2ccc(-n3cccn3)cc2)N2CCOCC2)cc1. The van der Waals surface area contributed by atoms with Gasteiger partial charge in [0.25, 0.3) is 5.91 Å². The number of carbonyl (C=O) groups excluding carboxylic acids is 1. The van der Waals surface area contributed by atoms with Crippen molar-refractivity contribution in [3.8, 4) is 11.4 Å². The molecule has 0 spiro atoms. The van der Waals surface area contributed by atoms with Gasteiger partial charge in [0.05, 0.1) is 32.1 Å². The van der Waals surface area contributed by atoms with E-state index in [2.05, 4.69) is 27.4 Å². The number of ether oxygens (including phenoxy) is 2. The molecule has 4 rings (SSSR count). The maximum absolute atomic E-state index is 12.8. The molecule has 156 valence electrons. The van der Waals surface area contributed by atoms with Crippen LogP contribution in [-0.2, 0) is 4.74 Å². The van der Waals surface area contributed by atoms with Gasteiger partial charge >= 0.3 is 0 Å². The summed E-state index contributed by atoms with van der Waals surface area (Å²) in [5.74, 6) is 0.731. The molecule has 0 radical (unpaired) electrons.